The van der Waals surface area contributed by atoms with Crippen LogP contribution in [0.25, 0.3) is 0 Å². The second kappa shape index (κ2) is 7.40. The first-order valence-electron chi connectivity index (χ1n) is 6.65. The van der Waals surface area contributed by atoms with Crippen LogP contribution in [0.4, 0.5) is 0 Å². The maximum atomic E-state index is 12.2. The number of halogens is 1. The van der Waals surface area contributed by atoms with Gasteiger partial charge in [-0.25, -0.2) is 4.79 Å². The largest absolute Gasteiger partial charge is 0.463 e. The molecule has 0 bridgehead atoms. The maximum Gasteiger partial charge on any atom is 0.332 e. The average molecular weight is 358 g/mol. The molecule has 0 spiro atoms. The number of carbonyl (C=O) groups is 2. The summed E-state index contributed by atoms with van der Waals surface area (Å²) in [4.78, 5) is 23.5. The van der Waals surface area contributed by atoms with Gasteiger partial charge in [0.15, 0.2) is 0 Å². The molecule has 116 valence electrons. The molecule has 0 saturated carbocycles. The summed E-state index contributed by atoms with van der Waals surface area (Å²) in [6.45, 7) is 9.16. The summed E-state index contributed by atoms with van der Waals surface area (Å²) in [6, 6.07) is -0.486. The molecule has 1 heterocycles. The van der Waals surface area contributed by atoms with E-state index < -0.39 is 12.0 Å². The molecule has 1 atom stereocenters. The number of hydrogen-bond acceptors (Lipinski definition) is 4. The third kappa shape index (κ3) is 4.42. The van der Waals surface area contributed by atoms with Gasteiger partial charge in [0.25, 0.3) is 0 Å². The van der Waals surface area contributed by atoms with Crippen LogP contribution in [0.2, 0.25) is 0 Å². The van der Waals surface area contributed by atoms with Crippen LogP contribution in [0, 0.1) is 13.8 Å². The molecule has 1 aromatic heterocycles. The van der Waals surface area contributed by atoms with Gasteiger partial charge in [0.05, 0.1) is 22.5 Å². The van der Waals surface area contributed by atoms with Gasteiger partial charge in [-0.3, -0.25) is 9.48 Å². The minimum atomic E-state index is -0.486. The van der Waals surface area contributed by atoms with Crippen LogP contribution in [0.15, 0.2) is 16.2 Å². The lowest BCUT2D eigenvalue weighted by atomic mass is 10.3. The van der Waals surface area contributed by atoms with Gasteiger partial charge in [-0.2, -0.15) is 5.10 Å². The first-order chi connectivity index (χ1) is 9.77. The highest BCUT2D eigenvalue weighted by Gasteiger charge is 2.20. The van der Waals surface area contributed by atoms with E-state index in [4.69, 9.17) is 4.74 Å². The summed E-state index contributed by atoms with van der Waals surface area (Å²) < 4.78 is 7.32. The van der Waals surface area contributed by atoms with Crippen molar-refractivity contribution in [1.29, 1.82) is 0 Å². The Morgan fingerprint density at radius 2 is 2.10 bits per heavy atom. The molecule has 1 aromatic rings. The minimum Gasteiger partial charge on any atom is -0.463 e. The number of carbonyl (C=O) groups excluding carboxylic acids is 2. The number of hydrogen-bond donors (Lipinski definition) is 1. The molecule has 21 heavy (non-hydrogen) atoms. The summed E-state index contributed by atoms with van der Waals surface area (Å²) in [5.74, 6) is -0.719. The van der Waals surface area contributed by atoms with E-state index in [1.165, 1.54) is 6.08 Å². The lowest BCUT2D eigenvalue weighted by Crippen LogP contribution is -2.31. The molecule has 7 heteroatoms. The average Bonchev–Trinajstić information content (AvgIpc) is 2.65. The number of aromatic nitrogens is 2. The second-order valence-corrected chi connectivity index (χ2v) is 5.47. The van der Waals surface area contributed by atoms with Crippen LogP contribution in [0.3, 0.4) is 0 Å². The normalized spacial score (nSPS) is 13.0. The van der Waals surface area contributed by atoms with Crippen molar-refractivity contribution >= 4 is 27.8 Å². The standard InChI is InChI=1S/C14H20BrN3O3/c1-6-21-12(19)7-8(2)16-14(20)11(5)18-10(4)13(15)9(3)17-18/h7,11H,6H2,1-5H3,(H,16,20)/b8-7+. The smallest absolute Gasteiger partial charge is 0.332 e. The van der Waals surface area contributed by atoms with Gasteiger partial charge in [0.1, 0.15) is 6.04 Å². The second-order valence-electron chi connectivity index (χ2n) is 4.67. The summed E-state index contributed by atoms with van der Waals surface area (Å²) in [7, 11) is 0. The Kier molecular flexibility index (Phi) is 6.14. The van der Waals surface area contributed by atoms with Crippen molar-refractivity contribution < 1.29 is 14.3 Å². The molecule has 0 saturated heterocycles. The fraction of sp³-hybridized carbons (Fsp3) is 0.500. The van der Waals surface area contributed by atoms with Crippen LogP contribution < -0.4 is 5.32 Å². The Morgan fingerprint density at radius 3 is 2.57 bits per heavy atom. The molecule has 0 aliphatic rings. The molecular weight excluding hydrogens is 338 g/mol. The molecule has 6 nitrogen and oxygen atoms in total. The Morgan fingerprint density at radius 1 is 1.48 bits per heavy atom. The lowest BCUT2D eigenvalue weighted by molar-refractivity contribution is -0.137. The van der Waals surface area contributed by atoms with Crippen LogP contribution in [0.1, 0.15) is 38.2 Å². The third-order valence-corrected chi connectivity index (χ3v) is 4.07. The molecule has 1 N–H and O–H groups in total. The fourth-order valence-electron chi connectivity index (χ4n) is 1.83. The SMILES string of the molecule is CCOC(=O)/C=C(\C)NC(=O)C(C)n1nc(C)c(Br)c1C. The molecule has 0 aliphatic carbocycles. The number of amides is 1. The van der Waals surface area contributed by atoms with Crippen LogP contribution >= 0.6 is 15.9 Å². The predicted molar refractivity (Wildman–Crippen MR) is 82.6 cm³/mol. The molecule has 1 amide bonds. The van der Waals surface area contributed by atoms with Gasteiger partial charge >= 0.3 is 5.97 Å². The Bertz CT molecular complexity index is 578. The van der Waals surface area contributed by atoms with Crippen molar-refractivity contribution in [1.82, 2.24) is 15.1 Å². The van der Waals surface area contributed by atoms with E-state index in [1.54, 1.807) is 25.5 Å². The summed E-state index contributed by atoms with van der Waals surface area (Å²) in [5.41, 5.74) is 2.14. The van der Waals surface area contributed by atoms with E-state index in [0.717, 1.165) is 15.9 Å². The van der Waals surface area contributed by atoms with E-state index >= 15 is 0 Å². The van der Waals surface area contributed by atoms with E-state index in [1.807, 2.05) is 13.8 Å². The van der Waals surface area contributed by atoms with Gasteiger partial charge in [-0.05, 0) is 50.5 Å². The summed E-state index contributed by atoms with van der Waals surface area (Å²) in [5, 5.41) is 6.99. The zero-order valence-electron chi connectivity index (χ0n) is 12.9. The number of nitrogens with zero attached hydrogens (tertiary/aromatic N) is 2. The summed E-state index contributed by atoms with van der Waals surface area (Å²) in [6.07, 6.45) is 1.26. The van der Waals surface area contributed by atoms with Crippen molar-refractivity contribution in [3.8, 4) is 0 Å². The number of esters is 1. The van der Waals surface area contributed by atoms with Gasteiger partial charge in [-0.1, -0.05) is 0 Å². The number of nitrogens with one attached hydrogen (secondary N) is 1. The molecule has 1 rings (SSSR count). The van der Waals surface area contributed by atoms with Gasteiger partial charge < -0.3 is 10.1 Å². The minimum absolute atomic E-state index is 0.244. The molecule has 0 radical (unpaired) electrons. The van der Waals surface area contributed by atoms with E-state index in [0.29, 0.717) is 12.3 Å². The van der Waals surface area contributed by atoms with Gasteiger partial charge in [0.2, 0.25) is 5.91 Å². The summed E-state index contributed by atoms with van der Waals surface area (Å²) >= 11 is 3.43. The molecule has 0 fully saturated rings. The number of aryl methyl sites for hydroxylation is 1. The Labute approximate surface area is 132 Å². The van der Waals surface area contributed by atoms with Crippen LogP contribution in [0.5, 0.6) is 0 Å². The topological polar surface area (TPSA) is 73.2 Å². The highest BCUT2D eigenvalue weighted by atomic mass is 79.9. The van der Waals surface area contributed by atoms with Crippen LogP contribution in [-0.4, -0.2) is 28.3 Å². The van der Waals surface area contributed by atoms with E-state index in [2.05, 4.69) is 26.3 Å². The van der Waals surface area contributed by atoms with Crippen molar-refractivity contribution in [2.75, 3.05) is 6.61 Å². The molecule has 0 aromatic carbocycles. The van der Waals surface area contributed by atoms with Gasteiger partial charge in [-0.15, -0.1) is 0 Å². The highest BCUT2D eigenvalue weighted by molar-refractivity contribution is 9.10. The Hall–Kier alpha value is -1.63. The van der Waals surface area contributed by atoms with E-state index in [-0.39, 0.29) is 5.91 Å². The number of ether oxygens (including phenoxy) is 1. The molecule has 1 unspecified atom stereocenters. The quantitative estimate of drug-likeness (QED) is 0.648. The molecular formula is C14H20BrN3O3. The maximum absolute atomic E-state index is 12.2. The first kappa shape index (κ1) is 17.4. The predicted octanol–water partition coefficient (Wildman–Crippen LogP) is 2.41. The number of allylic oxidation sites excluding steroid dienone is 1. The van der Waals surface area contributed by atoms with Crippen molar-refractivity contribution in [2.24, 2.45) is 0 Å². The van der Waals surface area contributed by atoms with E-state index in [9.17, 15) is 9.59 Å². The molecule has 0 aliphatic heterocycles. The number of rotatable bonds is 5. The third-order valence-electron chi connectivity index (χ3n) is 2.92. The van der Waals surface area contributed by atoms with Crippen molar-refractivity contribution in [3.63, 3.8) is 0 Å². The zero-order valence-corrected chi connectivity index (χ0v) is 14.4. The van der Waals surface area contributed by atoms with Crippen molar-refractivity contribution in [3.05, 3.63) is 27.6 Å². The first-order valence-corrected chi connectivity index (χ1v) is 7.44. The monoisotopic (exact) mass is 357 g/mol. The van der Waals surface area contributed by atoms with Crippen molar-refractivity contribution in [2.45, 2.75) is 40.7 Å². The van der Waals surface area contributed by atoms with Gasteiger partial charge in [0, 0.05) is 11.8 Å². The van der Waals surface area contributed by atoms with Crippen LogP contribution in [-0.2, 0) is 14.3 Å². The fourth-order valence-corrected chi connectivity index (χ4v) is 2.09. The Balaban J connectivity index is 2.79. The zero-order chi connectivity index (χ0) is 16.2. The lowest BCUT2D eigenvalue weighted by Gasteiger charge is -2.14. The highest BCUT2D eigenvalue weighted by Crippen LogP contribution is 2.22.